The third-order valence-electron chi connectivity index (χ3n) is 2.73. The Hall–Kier alpha value is -2.94. The largest absolute Gasteiger partial charge is 0.370 e. The first-order chi connectivity index (χ1) is 10.1. The average Bonchev–Trinajstić information content (AvgIpc) is 2.50. The Morgan fingerprint density at radius 3 is 2.81 bits per heavy atom. The number of nitrogens with zero attached hydrogens (tertiary/aromatic N) is 2. The number of aromatic nitrogens is 1. The Labute approximate surface area is 121 Å². The van der Waals surface area contributed by atoms with Crippen molar-refractivity contribution in [3.8, 4) is 6.07 Å². The molecule has 0 spiro atoms. The number of nitrogens with one attached hydrogen (secondary N) is 2. The minimum atomic E-state index is -0.527. The molecule has 0 aliphatic rings. The van der Waals surface area contributed by atoms with Gasteiger partial charge < -0.3 is 10.6 Å². The fraction of sp³-hybridized carbons (Fsp3) is 0.133. The van der Waals surface area contributed by atoms with Gasteiger partial charge in [-0.2, -0.15) is 5.26 Å². The number of anilines is 2. The molecule has 0 atom stereocenters. The summed E-state index contributed by atoms with van der Waals surface area (Å²) in [6.07, 6.45) is 1.43. The second kappa shape index (κ2) is 6.48. The number of rotatable bonds is 4. The fourth-order valence-corrected chi connectivity index (χ4v) is 1.73. The lowest BCUT2D eigenvalue weighted by atomic mass is 10.1. The van der Waals surface area contributed by atoms with E-state index >= 15 is 0 Å². The molecule has 5 nitrogen and oxygen atoms in total. The maximum atomic E-state index is 13.0. The van der Waals surface area contributed by atoms with E-state index in [0.29, 0.717) is 11.4 Å². The molecule has 2 N–H and O–H groups in total. The summed E-state index contributed by atoms with van der Waals surface area (Å²) in [7, 11) is 0. The van der Waals surface area contributed by atoms with Crippen LogP contribution in [0.25, 0.3) is 0 Å². The second-order valence-electron chi connectivity index (χ2n) is 4.22. The van der Waals surface area contributed by atoms with Gasteiger partial charge in [-0.25, -0.2) is 9.37 Å². The highest BCUT2D eigenvalue weighted by molar-refractivity contribution is 6.04. The van der Waals surface area contributed by atoms with Gasteiger partial charge >= 0.3 is 0 Å². The van der Waals surface area contributed by atoms with Crippen molar-refractivity contribution >= 4 is 17.4 Å². The molecule has 0 bridgehead atoms. The second-order valence-corrected chi connectivity index (χ2v) is 4.22. The van der Waals surface area contributed by atoms with Crippen molar-refractivity contribution in [3.05, 3.63) is 53.5 Å². The standard InChI is InChI=1S/C15H13FN4O/c1-2-18-14-6-3-10(9-19-14)15(21)20-13-5-4-12(16)7-11(13)8-17/h3-7,9H,2H2,1H3,(H,18,19)(H,20,21). The molecule has 0 aliphatic heterocycles. The van der Waals surface area contributed by atoms with Crippen molar-refractivity contribution in [2.45, 2.75) is 6.92 Å². The molecule has 1 aromatic heterocycles. The zero-order valence-electron chi connectivity index (χ0n) is 11.4. The number of hydrogen-bond donors (Lipinski definition) is 2. The lowest BCUT2D eigenvalue weighted by Gasteiger charge is -2.08. The highest BCUT2D eigenvalue weighted by Crippen LogP contribution is 2.17. The van der Waals surface area contributed by atoms with Crippen molar-refractivity contribution in [3.63, 3.8) is 0 Å². The van der Waals surface area contributed by atoms with E-state index in [1.54, 1.807) is 12.1 Å². The van der Waals surface area contributed by atoms with Crippen molar-refractivity contribution < 1.29 is 9.18 Å². The Kier molecular flexibility index (Phi) is 4.46. The van der Waals surface area contributed by atoms with Crippen LogP contribution in [0.4, 0.5) is 15.9 Å². The van der Waals surface area contributed by atoms with Crippen LogP contribution in [-0.4, -0.2) is 17.4 Å². The number of benzene rings is 1. The van der Waals surface area contributed by atoms with E-state index in [-0.39, 0.29) is 11.3 Å². The molecule has 106 valence electrons. The summed E-state index contributed by atoms with van der Waals surface area (Å²) < 4.78 is 13.0. The molecule has 0 radical (unpaired) electrons. The summed E-state index contributed by atoms with van der Waals surface area (Å²) in [5.74, 6) is -0.261. The molecule has 0 fully saturated rings. The molecule has 1 aromatic carbocycles. The Morgan fingerprint density at radius 2 is 2.19 bits per heavy atom. The molecule has 6 heteroatoms. The molecule has 0 saturated carbocycles. The van der Waals surface area contributed by atoms with Crippen LogP contribution in [-0.2, 0) is 0 Å². The Morgan fingerprint density at radius 1 is 1.38 bits per heavy atom. The SMILES string of the molecule is CCNc1ccc(C(=O)Nc2ccc(F)cc2C#N)cn1. The third-order valence-corrected chi connectivity index (χ3v) is 2.73. The number of hydrogen-bond acceptors (Lipinski definition) is 4. The van der Waals surface area contributed by atoms with Crippen molar-refractivity contribution in [1.29, 1.82) is 5.26 Å². The zero-order chi connectivity index (χ0) is 15.2. The van der Waals surface area contributed by atoms with Gasteiger partial charge in [0.05, 0.1) is 16.8 Å². The van der Waals surface area contributed by atoms with E-state index in [4.69, 9.17) is 5.26 Å². The average molecular weight is 284 g/mol. The Bertz CT molecular complexity index is 692. The van der Waals surface area contributed by atoms with Crippen molar-refractivity contribution in [2.24, 2.45) is 0 Å². The molecule has 21 heavy (non-hydrogen) atoms. The van der Waals surface area contributed by atoms with E-state index in [0.717, 1.165) is 12.6 Å². The van der Waals surface area contributed by atoms with Gasteiger partial charge in [-0.3, -0.25) is 4.79 Å². The first kappa shape index (κ1) is 14.5. The summed E-state index contributed by atoms with van der Waals surface area (Å²) in [4.78, 5) is 16.2. The molecule has 2 aromatic rings. The van der Waals surface area contributed by atoms with Gasteiger partial charge in [0.2, 0.25) is 0 Å². The van der Waals surface area contributed by atoms with Crippen LogP contribution < -0.4 is 10.6 Å². The lowest BCUT2D eigenvalue weighted by Crippen LogP contribution is -2.13. The van der Waals surface area contributed by atoms with Gasteiger partial charge in [-0.05, 0) is 37.3 Å². The molecule has 1 heterocycles. The molecule has 0 unspecified atom stereocenters. The van der Waals surface area contributed by atoms with Crippen LogP contribution >= 0.6 is 0 Å². The minimum absolute atomic E-state index is 0.0700. The highest BCUT2D eigenvalue weighted by atomic mass is 19.1. The van der Waals surface area contributed by atoms with Crippen LogP contribution in [0.2, 0.25) is 0 Å². The maximum absolute atomic E-state index is 13.0. The van der Waals surface area contributed by atoms with Crippen LogP contribution in [0, 0.1) is 17.1 Å². The molecule has 0 saturated heterocycles. The quantitative estimate of drug-likeness (QED) is 0.905. The monoisotopic (exact) mass is 284 g/mol. The first-order valence-corrected chi connectivity index (χ1v) is 6.35. The lowest BCUT2D eigenvalue weighted by molar-refractivity contribution is 0.102. The smallest absolute Gasteiger partial charge is 0.257 e. The summed E-state index contributed by atoms with van der Waals surface area (Å²) in [6.45, 7) is 2.68. The summed E-state index contributed by atoms with van der Waals surface area (Å²) in [5, 5.41) is 14.5. The normalized spacial score (nSPS) is 9.76. The molecular formula is C15H13FN4O. The zero-order valence-corrected chi connectivity index (χ0v) is 11.4. The maximum Gasteiger partial charge on any atom is 0.257 e. The van der Waals surface area contributed by atoms with Crippen LogP contribution in [0.3, 0.4) is 0 Å². The van der Waals surface area contributed by atoms with E-state index in [1.165, 1.54) is 18.3 Å². The van der Waals surface area contributed by atoms with Crippen molar-refractivity contribution in [2.75, 3.05) is 17.2 Å². The van der Waals surface area contributed by atoms with Crippen molar-refractivity contribution in [1.82, 2.24) is 4.98 Å². The number of nitriles is 1. The highest BCUT2D eigenvalue weighted by Gasteiger charge is 2.10. The predicted molar refractivity (Wildman–Crippen MR) is 77.5 cm³/mol. The topological polar surface area (TPSA) is 77.8 Å². The van der Waals surface area contributed by atoms with Gasteiger partial charge in [-0.1, -0.05) is 0 Å². The van der Waals surface area contributed by atoms with Gasteiger partial charge in [0.15, 0.2) is 0 Å². The van der Waals surface area contributed by atoms with Crippen LogP contribution in [0.1, 0.15) is 22.8 Å². The van der Waals surface area contributed by atoms with E-state index in [1.807, 2.05) is 13.0 Å². The van der Waals surface area contributed by atoms with Crippen LogP contribution in [0.5, 0.6) is 0 Å². The molecule has 1 amide bonds. The van der Waals surface area contributed by atoms with Gasteiger partial charge in [0, 0.05) is 12.7 Å². The molecular weight excluding hydrogens is 271 g/mol. The summed E-state index contributed by atoms with van der Waals surface area (Å²) >= 11 is 0. The number of carbonyl (C=O) groups is 1. The minimum Gasteiger partial charge on any atom is -0.370 e. The third kappa shape index (κ3) is 3.54. The fourth-order valence-electron chi connectivity index (χ4n) is 1.73. The summed E-state index contributed by atoms with van der Waals surface area (Å²) in [6, 6.07) is 8.76. The molecule has 2 rings (SSSR count). The van der Waals surface area contributed by atoms with Gasteiger partial charge in [0.25, 0.3) is 5.91 Å². The van der Waals surface area contributed by atoms with Crippen LogP contribution in [0.15, 0.2) is 36.5 Å². The first-order valence-electron chi connectivity index (χ1n) is 6.35. The van der Waals surface area contributed by atoms with E-state index in [2.05, 4.69) is 15.6 Å². The summed E-state index contributed by atoms with van der Waals surface area (Å²) in [5.41, 5.74) is 0.685. The van der Waals surface area contributed by atoms with Gasteiger partial charge in [-0.15, -0.1) is 0 Å². The number of amides is 1. The number of halogens is 1. The number of pyridine rings is 1. The van der Waals surface area contributed by atoms with Gasteiger partial charge in [0.1, 0.15) is 17.7 Å². The van der Waals surface area contributed by atoms with E-state index < -0.39 is 11.7 Å². The molecule has 0 aliphatic carbocycles. The Balaban J connectivity index is 2.16. The predicted octanol–water partition coefficient (Wildman–Crippen LogP) is 2.78. The van der Waals surface area contributed by atoms with E-state index in [9.17, 15) is 9.18 Å². The number of carbonyl (C=O) groups excluding carboxylic acids is 1.